The summed E-state index contributed by atoms with van der Waals surface area (Å²) >= 11 is 0. The van der Waals surface area contributed by atoms with Gasteiger partial charge in [0.15, 0.2) is 0 Å². The van der Waals surface area contributed by atoms with E-state index >= 15 is 0 Å². The zero-order valence-corrected chi connectivity index (χ0v) is 16.6. The molecule has 2 aromatic carbocycles. The maximum Gasteiger partial charge on any atom is 0.250 e. The fourth-order valence-corrected chi connectivity index (χ4v) is 3.43. The summed E-state index contributed by atoms with van der Waals surface area (Å²) in [4.78, 5) is 4.59. The van der Waals surface area contributed by atoms with Gasteiger partial charge in [-0.05, 0) is 52.0 Å². The van der Waals surface area contributed by atoms with E-state index in [0.29, 0.717) is 11.8 Å². The van der Waals surface area contributed by atoms with Crippen LogP contribution in [0.4, 0.5) is 11.4 Å². The molecule has 0 aliphatic rings. The molecule has 27 heavy (non-hydrogen) atoms. The van der Waals surface area contributed by atoms with Gasteiger partial charge in [0.1, 0.15) is 0 Å². The van der Waals surface area contributed by atoms with Crippen molar-refractivity contribution in [3.05, 3.63) is 48.5 Å². The maximum absolute atomic E-state index is 6.14. The van der Waals surface area contributed by atoms with Gasteiger partial charge in [-0.25, -0.2) is 0 Å². The Morgan fingerprint density at radius 3 is 1.37 bits per heavy atom. The van der Waals surface area contributed by atoms with Crippen LogP contribution < -0.4 is 9.80 Å². The molecule has 0 radical (unpaired) electrons. The highest BCUT2D eigenvalue weighted by Gasteiger charge is 2.19. The second-order valence-electron chi connectivity index (χ2n) is 6.29. The molecule has 0 unspecified atom stereocenters. The normalized spacial score (nSPS) is 10.8. The molecule has 0 aliphatic heterocycles. The fraction of sp³-hybridized carbons (Fsp3) is 0.364. The summed E-state index contributed by atoms with van der Waals surface area (Å²) in [6, 6.07) is 16.4. The maximum atomic E-state index is 6.14. The molecule has 0 spiro atoms. The van der Waals surface area contributed by atoms with E-state index in [1.807, 2.05) is 36.4 Å². The van der Waals surface area contributed by atoms with E-state index in [2.05, 4.69) is 59.8 Å². The number of anilines is 2. The van der Waals surface area contributed by atoms with E-state index < -0.39 is 0 Å². The Morgan fingerprint density at radius 1 is 0.630 bits per heavy atom. The van der Waals surface area contributed by atoms with Crippen molar-refractivity contribution >= 4 is 11.4 Å². The lowest BCUT2D eigenvalue weighted by Gasteiger charge is -2.23. The first-order valence-corrected chi connectivity index (χ1v) is 9.75. The molecule has 0 aliphatic carbocycles. The van der Waals surface area contributed by atoms with Crippen LogP contribution in [-0.2, 0) is 0 Å². The van der Waals surface area contributed by atoms with Crippen LogP contribution in [0.1, 0.15) is 27.7 Å². The number of para-hydroxylation sites is 2. The van der Waals surface area contributed by atoms with Crippen molar-refractivity contribution in [3.8, 4) is 22.9 Å². The molecule has 0 bridgehead atoms. The zero-order valence-electron chi connectivity index (χ0n) is 16.6. The number of nitrogens with zero attached hydrogens (tertiary/aromatic N) is 4. The van der Waals surface area contributed by atoms with Crippen molar-refractivity contribution in [2.24, 2.45) is 0 Å². The Bertz CT molecular complexity index is 796. The molecule has 0 atom stereocenters. The molecule has 1 aromatic heterocycles. The topological polar surface area (TPSA) is 45.4 Å². The molecule has 3 rings (SSSR count). The molecule has 5 nitrogen and oxygen atoms in total. The van der Waals surface area contributed by atoms with Crippen LogP contribution >= 0.6 is 0 Å². The highest BCUT2D eigenvalue weighted by atomic mass is 16.4. The summed E-state index contributed by atoms with van der Waals surface area (Å²) in [7, 11) is 0. The average molecular weight is 364 g/mol. The van der Waals surface area contributed by atoms with Crippen molar-refractivity contribution in [2.75, 3.05) is 36.0 Å². The van der Waals surface area contributed by atoms with Crippen LogP contribution in [0.2, 0.25) is 0 Å². The van der Waals surface area contributed by atoms with Gasteiger partial charge in [0.05, 0.1) is 11.1 Å². The van der Waals surface area contributed by atoms with E-state index in [-0.39, 0.29) is 0 Å². The Labute approximate surface area is 161 Å². The number of hydrogen-bond acceptors (Lipinski definition) is 5. The monoisotopic (exact) mass is 364 g/mol. The molecule has 0 saturated carbocycles. The summed E-state index contributed by atoms with van der Waals surface area (Å²) in [5.41, 5.74) is 4.19. The first-order chi connectivity index (χ1) is 13.2. The first kappa shape index (κ1) is 19.0. The van der Waals surface area contributed by atoms with Gasteiger partial charge in [-0.2, -0.15) is 0 Å². The van der Waals surface area contributed by atoms with Crippen LogP contribution in [0, 0.1) is 0 Å². The van der Waals surface area contributed by atoms with Gasteiger partial charge in [-0.3, -0.25) is 0 Å². The summed E-state index contributed by atoms with van der Waals surface area (Å²) in [5, 5.41) is 8.73. The SMILES string of the molecule is CCN(CC)c1ccccc1-c1nnc(-c2ccccc2N(CC)CC)o1. The number of hydrogen-bond donors (Lipinski definition) is 0. The van der Waals surface area contributed by atoms with E-state index in [4.69, 9.17) is 4.42 Å². The molecule has 0 N–H and O–H groups in total. The molecule has 142 valence electrons. The van der Waals surface area contributed by atoms with Gasteiger partial charge in [0.25, 0.3) is 0 Å². The lowest BCUT2D eigenvalue weighted by molar-refractivity contribution is 0.584. The summed E-state index contributed by atoms with van der Waals surface area (Å²) in [6.45, 7) is 12.3. The van der Waals surface area contributed by atoms with Crippen LogP contribution in [0.25, 0.3) is 22.9 Å². The molecular formula is C22H28N4O. The van der Waals surface area contributed by atoms with Crippen molar-refractivity contribution in [1.29, 1.82) is 0 Å². The largest absolute Gasteiger partial charge is 0.416 e. The first-order valence-electron chi connectivity index (χ1n) is 9.75. The number of benzene rings is 2. The predicted octanol–water partition coefficient (Wildman–Crippen LogP) is 5.10. The second kappa shape index (κ2) is 8.71. The number of rotatable bonds is 8. The van der Waals surface area contributed by atoms with E-state index in [1.165, 1.54) is 0 Å². The van der Waals surface area contributed by atoms with E-state index in [0.717, 1.165) is 48.7 Å². The lowest BCUT2D eigenvalue weighted by Crippen LogP contribution is -2.22. The predicted molar refractivity (Wildman–Crippen MR) is 112 cm³/mol. The molecule has 0 amide bonds. The molecular weight excluding hydrogens is 336 g/mol. The third kappa shape index (κ3) is 3.82. The Kier molecular flexibility index (Phi) is 6.12. The van der Waals surface area contributed by atoms with E-state index in [9.17, 15) is 0 Å². The minimum absolute atomic E-state index is 0.557. The van der Waals surface area contributed by atoms with Gasteiger partial charge in [0.2, 0.25) is 11.8 Å². The molecule has 0 fully saturated rings. The molecule has 0 saturated heterocycles. The molecule has 3 aromatic rings. The van der Waals surface area contributed by atoms with Crippen molar-refractivity contribution in [2.45, 2.75) is 27.7 Å². The Morgan fingerprint density at radius 2 is 1.00 bits per heavy atom. The van der Waals surface area contributed by atoms with Crippen LogP contribution in [0.5, 0.6) is 0 Å². The lowest BCUT2D eigenvalue weighted by atomic mass is 10.1. The van der Waals surface area contributed by atoms with Gasteiger partial charge < -0.3 is 14.2 Å². The fourth-order valence-electron chi connectivity index (χ4n) is 3.43. The third-order valence-electron chi connectivity index (χ3n) is 4.90. The summed E-state index contributed by atoms with van der Waals surface area (Å²) < 4.78 is 6.14. The van der Waals surface area contributed by atoms with Gasteiger partial charge in [-0.1, -0.05) is 24.3 Å². The van der Waals surface area contributed by atoms with Crippen molar-refractivity contribution in [3.63, 3.8) is 0 Å². The van der Waals surface area contributed by atoms with Gasteiger partial charge >= 0.3 is 0 Å². The van der Waals surface area contributed by atoms with E-state index in [1.54, 1.807) is 0 Å². The van der Waals surface area contributed by atoms with Crippen molar-refractivity contribution < 1.29 is 4.42 Å². The highest BCUT2D eigenvalue weighted by molar-refractivity contribution is 5.76. The zero-order chi connectivity index (χ0) is 19.2. The third-order valence-corrected chi connectivity index (χ3v) is 4.90. The summed E-state index contributed by atoms with van der Waals surface area (Å²) in [5.74, 6) is 1.11. The quantitative estimate of drug-likeness (QED) is 0.557. The van der Waals surface area contributed by atoms with Gasteiger partial charge in [-0.15, -0.1) is 10.2 Å². The standard InChI is InChI=1S/C22H28N4O/c1-5-25(6-2)19-15-11-9-13-17(19)21-23-24-22(27-21)18-14-10-12-16-20(18)26(7-3)8-4/h9-16H,5-8H2,1-4H3. The second-order valence-corrected chi connectivity index (χ2v) is 6.29. The smallest absolute Gasteiger partial charge is 0.250 e. The summed E-state index contributed by atoms with van der Waals surface area (Å²) in [6.07, 6.45) is 0. The van der Waals surface area contributed by atoms with Crippen molar-refractivity contribution in [1.82, 2.24) is 10.2 Å². The van der Waals surface area contributed by atoms with Crippen LogP contribution in [-0.4, -0.2) is 36.4 Å². The van der Waals surface area contributed by atoms with Crippen LogP contribution in [0.3, 0.4) is 0 Å². The number of aromatic nitrogens is 2. The van der Waals surface area contributed by atoms with Crippen LogP contribution in [0.15, 0.2) is 52.9 Å². The molecule has 5 heteroatoms. The molecule has 1 heterocycles. The Balaban J connectivity index is 2.03. The Hall–Kier alpha value is -2.82. The minimum atomic E-state index is 0.557. The highest BCUT2D eigenvalue weighted by Crippen LogP contribution is 2.34. The average Bonchev–Trinajstić information content (AvgIpc) is 3.20. The minimum Gasteiger partial charge on any atom is -0.416 e. The van der Waals surface area contributed by atoms with Gasteiger partial charge in [0, 0.05) is 37.6 Å².